The van der Waals surface area contributed by atoms with Crippen LogP contribution in [0.2, 0.25) is 0 Å². The molecule has 0 amide bonds. The molecule has 0 radical (unpaired) electrons. The lowest BCUT2D eigenvalue weighted by Gasteiger charge is -2.11. The molecule has 4 nitrogen and oxygen atoms in total. The smallest absolute Gasteiger partial charge is 0.189 e. The van der Waals surface area contributed by atoms with Crippen LogP contribution in [0, 0.1) is 0 Å². The first-order chi connectivity index (χ1) is 9.06. The summed E-state index contributed by atoms with van der Waals surface area (Å²) < 4.78 is 1.62. The Bertz CT molecular complexity index is 594. The summed E-state index contributed by atoms with van der Waals surface area (Å²) in [6.07, 6.45) is 6.67. The van der Waals surface area contributed by atoms with E-state index < -0.39 is 0 Å². The highest BCUT2D eigenvalue weighted by molar-refractivity contribution is 6.06. The largest absolute Gasteiger partial charge is 0.378 e. The summed E-state index contributed by atoms with van der Waals surface area (Å²) in [6.45, 7) is 0. The zero-order valence-corrected chi connectivity index (χ0v) is 11.4. The number of anilines is 1. The molecule has 0 spiro atoms. The van der Waals surface area contributed by atoms with Crippen LogP contribution >= 0.6 is 0 Å². The number of rotatable bonds is 4. The van der Waals surface area contributed by atoms with Gasteiger partial charge in [-0.05, 0) is 23.8 Å². The SMILES string of the molecule is CN(C)c1ccc(/C=C/C(=O)c2cnn(C)c2)cc1. The number of benzene rings is 1. The van der Waals surface area contributed by atoms with Crippen LogP contribution in [0.5, 0.6) is 0 Å². The van der Waals surface area contributed by atoms with E-state index in [0.717, 1.165) is 11.3 Å². The highest BCUT2D eigenvalue weighted by atomic mass is 16.1. The van der Waals surface area contributed by atoms with Crippen molar-refractivity contribution in [1.82, 2.24) is 9.78 Å². The third kappa shape index (κ3) is 3.31. The predicted molar refractivity (Wildman–Crippen MR) is 77.3 cm³/mol. The first-order valence-electron chi connectivity index (χ1n) is 6.05. The highest BCUT2D eigenvalue weighted by Gasteiger charge is 2.03. The Hall–Kier alpha value is -2.36. The first kappa shape index (κ1) is 13.1. The zero-order chi connectivity index (χ0) is 13.8. The van der Waals surface area contributed by atoms with E-state index in [4.69, 9.17) is 0 Å². The number of carbonyl (C=O) groups excluding carboxylic acids is 1. The van der Waals surface area contributed by atoms with Gasteiger partial charge in [-0.1, -0.05) is 18.2 Å². The van der Waals surface area contributed by atoms with E-state index in [0.29, 0.717) is 5.56 Å². The molecule has 1 aromatic carbocycles. The lowest BCUT2D eigenvalue weighted by Crippen LogP contribution is -2.07. The molecule has 4 heteroatoms. The van der Waals surface area contributed by atoms with E-state index in [2.05, 4.69) is 5.10 Å². The maximum absolute atomic E-state index is 11.9. The zero-order valence-electron chi connectivity index (χ0n) is 11.4. The summed E-state index contributed by atoms with van der Waals surface area (Å²) in [5, 5.41) is 3.98. The Labute approximate surface area is 113 Å². The monoisotopic (exact) mass is 255 g/mol. The Morgan fingerprint density at radius 2 is 1.95 bits per heavy atom. The molecule has 0 N–H and O–H groups in total. The second-order valence-electron chi connectivity index (χ2n) is 4.59. The fourth-order valence-electron chi connectivity index (χ4n) is 1.70. The standard InChI is InChI=1S/C15H17N3O/c1-17(2)14-7-4-12(5-8-14)6-9-15(19)13-10-16-18(3)11-13/h4-11H,1-3H3/b9-6+. The summed E-state index contributed by atoms with van der Waals surface area (Å²) >= 11 is 0. The van der Waals surface area contributed by atoms with Crippen molar-refractivity contribution in [2.45, 2.75) is 0 Å². The third-order valence-electron chi connectivity index (χ3n) is 2.83. The second-order valence-corrected chi connectivity index (χ2v) is 4.59. The van der Waals surface area contributed by atoms with Crippen molar-refractivity contribution in [2.75, 3.05) is 19.0 Å². The summed E-state index contributed by atoms with van der Waals surface area (Å²) in [5.74, 6) is -0.0372. The number of allylic oxidation sites excluding steroid dienone is 1. The second kappa shape index (κ2) is 5.52. The molecule has 1 aromatic heterocycles. The van der Waals surface area contributed by atoms with Crippen molar-refractivity contribution in [1.29, 1.82) is 0 Å². The van der Waals surface area contributed by atoms with Crippen LogP contribution in [0.4, 0.5) is 5.69 Å². The number of hydrogen-bond donors (Lipinski definition) is 0. The van der Waals surface area contributed by atoms with E-state index in [9.17, 15) is 4.79 Å². The summed E-state index contributed by atoms with van der Waals surface area (Å²) in [7, 11) is 5.79. The Morgan fingerprint density at radius 3 is 2.47 bits per heavy atom. The van der Waals surface area contributed by atoms with Gasteiger partial charge in [0.05, 0.1) is 11.8 Å². The van der Waals surface area contributed by atoms with Gasteiger partial charge in [0, 0.05) is 33.0 Å². The fourth-order valence-corrected chi connectivity index (χ4v) is 1.70. The Kier molecular flexibility index (Phi) is 3.80. The molecular weight excluding hydrogens is 238 g/mol. The minimum Gasteiger partial charge on any atom is -0.378 e. The molecule has 0 atom stereocenters. The third-order valence-corrected chi connectivity index (χ3v) is 2.83. The van der Waals surface area contributed by atoms with E-state index >= 15 is 0 Å². The van der Waals surface area contributed by atoms with Gasteiger partial charge >= 0.3 is 0 Å². The minimum absolute atomic E-state index is 0.0372. The van der Waals surface area contributed by atoms with Gasteiger partial charge in [0.2, 0.25) is 0 Å². The number of hydrogen-bond acceptors (Lipinski definition) is 3. The summed E-state index contributed by atoms with van der Waals surface area (Å²) in [5.41, 5.74) is 2.74. The van der Waals surface area contributed by atoms with Crippen LogP contribution in [-0.2, 0) is 7.05 Å². The molecule has 0 aliphatic heterocycles. The molecule has 0 unspecified atom stereocenters. The molecule has 0 bridgehead atoms. The van der Waals surface area contributed by atoms with Crippen LogP contribution in [0.15, 0.2) is 42.7 Å². The van der Waals surface area contributed by atoms with Crippen LogP contribution in [0.3, 0.4) is 0 Å². The molecule has 19 heavy (non-hydrogen) atoms. The topological polar surface area (TPSA) is 38.1 Å². The van der Waals surface area contributed by atoms with Gasteiger partial charge in [-0.2, -0.15) is 5.10 Å². The molecule has 0 aliphatic carbocycles. The van der Waals surface area contributed by atoms with Gasteiger partial charge in [-0.25, -0.2) is 0 Å². The molecule has 1 heterocycles. The maximum atomic E-state index is 11.9. The lowest BCUT2D eigenvalue weighted by molar-refractivity contribution is 0.104. The highest BCUT2D eigenvalue weighted by Crippen LogP contribution is 2.13. The van der Waals surface area contributed by atoms with Gasteiger partial charge in [0.15, 0.2) is 5.78 Å². The van der Waals surface area contributed by atoms with Gasteiger partial charge in [0.25, 0.3) is 0 Å². The van der Waals surface area contributed by atoms with E-state index in [1.165, 1.54) is 0 Å². The predicted octanol–water partition coefficient (Wildman–Crippen LogP) is 2.38. The number of aryl methyl sites for hydroxylation is 1. The molecule has 0 saturated heterocycles. The number of carbonyl (C=O) groups is 1. The Morgan fingerprint density at radius 1 is 1.26 bits per heavy atom. The number of nitrogens with zero attached hydrogens (tertiary/aromatic N) is 3. The van der Waals surface area contributed by atoms with Crippen molar-refractivity contribution < 1.29 is 4.79 Å². The fraction of sp³-hybridized carbons (Fsp3) is 0.200. The molecule has 2 aromatic rings. The molecular formula is C15H17N3O. The minimum atomic E-state index is -0.0372. The van der Waals surface area contributed by atoms with Crippen molar-refractivity contribution >= 4 is 17.5 Å². The van der Waals surface area contributed by atoms with Gasteiger partial charge in [0.1, 0.15) is 0 Å². The normalized spacial score (nSPS) is 10.9. The number of aromatic nitrogens is 2. The van der Waals surface area contributed by atoms with E-state index in [-0.39, 0.29) is 5.78 Å². The summed E-state index contributed by atoms with van der Waals surface area (Å²) in [6, 6.07) is 8.02. The van der Waals surface area contributed by atoms with Crippen LogP contribution in [0.25, 0.3) is 6.08 Å². The molecule has 98 valence electrons. The average molecular weight is 255 g/mol. The van der Waals surface area contributed by atoms with Crippen molar-refractivity contribution in [2.24, 2.45) is 7.05 Å². The molecule has 2 rings (SSSR count). The van der Waals surface area contributed by atoms with Crippen LogP contribution in [0.1, 0.15) is 15.9 Å². The molecule has 0 fully saturated rings. The molecule has 0 aliphatic rings. The quantitative estimate of drug-likeness (QED) is 0.622. The first-order valence-corrected chi connectivity index (χ1v) is 6.05. The van der Waals surface area contributed by atoms with Gasteiger partial charge < -0.3 is 4.90 Å². The van der Waals surface area contributed by atoms with Crippen molar-refractivity contribution in [3.63, 3.8) is 0 Å². The Balaban J connectivity index is 2.08. The van der Waals surface area contributed by atoms with Crippen LogP contribution < -0.4 is 4.90 Å². The van der Waals surface area contributed by atoms with Crippen molar-refractivity contribution in [3.8, 4) is 0 Å². The van der Waals surface area contributed by atoms with Crippen LogP contribution in [-0.4, -0.2) is 29.7 Å². The van der Waals surface area contributed by atoms with Gasteiger partial charge in [-0.15, -0.1) is 0 Å². The maximum Gasteiger partial charge on any atom is 0.189 e. The average Bonchev–Trinajstić information content (AvgIpc) is 2.83. The molecule has 0 saturated carbocycles. The lowest BCUT2D eigenvalue weighted by atomic mass is 10.1. The summed E-state index contributed by atoms with van der Waals surface area (Å²) in [4.78, 5) is 13.9. The number of ketones is 1. The van der Waals surface area contributed by atoms with Gasteiger partial charge in [-0.3, -0.25) is 9.48 Å². The van der Waals surface area contributed by atoms with E-state index in [1.807, 2.05) is 49.3 Å². The van der Waals surface area contributed by atoms with Crippen molar-refractivity contribution in [3.05, 3.63) is 53.9 Å². The van der Waals surface area contributed by atoms with E-state index in [1.54, 1.807) is 30.2 Å².